The van der Waals surface area contributed by atoms with Crippen molar-refractivity contribution < 1.29 is 56.2 Å². The van der Waals surface area contributed by atoms with Crippen molar-refractivity contribution >= 4 is 16.4 Å². The number of unbranched alkanes of at least 4 members (excludes halogenated alkanes) is 26. The van der Waals surface area contributed by atoms with Crippen LogP contribution in [0.2, 0.25) is 0 Å². The molecule has 12 nitrogen and oxygen atoms in total. The first kappa shape index (κ1) is 60.3. The molecule has 1 rings (SSSR count). The van der Waals surface area contributed by atoms with Gasteiger partial charge in [0.05, 0.1) is 19.8 Å². The van der Waals surface area contributed by atoms with Crippen LogP contribution in [0, 0.1) is 0 Å². The van der Waals surface area contributed by atoms with Crippen LogP contribution in [-0.4, -0.2) is 97.5 Å². The van der Waals surface area contributed by atoms with Crippen LogP contribution >= 0.6 is 0 Å². The van der Waals surface area contributed by atoms with Gasteiger partial charge >= 0.3 is 16.4 Å². The number of hydrogen-bond donors (Lipinski definition) is 4. The van der Waals surface area contributed by atoms with E-state index in [-0.39, 0.29) is 19.6 Å². The molecule has 0 aromatic heterocycles. The van der Waals surface area contributed by atoms with Crippen LogP contribution in [0.4, 0.5) is 0 Å². The lowest BCUT2D eigenvalue weighted by Crippen LogP contribution is -2.60. The molecule has 1 fully saturated rings. The van der Waals surface area contributed by atoms with E-state index in [0.29, 0.717) is 13.0 Å². The van der Waals surface area contributed by atoms with Crippen LogP contribution in [0.3, 0.4) is 0 Å². The van der Waals surface area contributed by atoms with E-state index < -0.39 is 59.8 Å². The standard InChI is InChI=1S/C51H94O12S/c1-3-5-7-9-11-13-15-17-19-21-23-24-26-28-30-32-34-36-38-40-47(53)61-45(44-60-51-49(55)50(63-64(56,57)58)48(54)46(42-52)62-51)43-59-41-39-37-35-33-31-29-27-25-22-20-18-16-14-12-10-8-6-4-2/h11,13,17-20,45-46,48-52,54-55H,3-10,12,14-16,21-44H2,1-2H3,(H,56,57,58)/b13-11-,19-17-,20-18-. The Morgan fingerprint density at radius 2 is 1.03 bits per heavy atom. The molecule has 1 aliphatic heterocycles. The maximum absolute atomic E-state index is 12.9. The minimum atomic E-state index is -5.06. The quantitative estimate of drug-likeness (QED) is 0.0197. The van der Waals surface area contributed by atoms with Gasteiger partial charge in [0.15, 0.2) is 6.29 Å². The van der Waals surface area contributed by atoms with E-state index >= 15 is 0 Å². The second kappa shape index (κ2) is 42.7. The van der Waals surface area contributed by atoms with Gasteiger partial charge in [-0.3, -0.25) is 9.35 Å². The summed E-state index contributed by atoms with van der Waals surface area (Å²) >= 11 is 0. The predicted molar refractivity (Wildman–Crippen MR) is 257 cm³/mol. The van der Waals surface area contributed by atoms with Gasteiger partial charge in [-0.05, 0) is 70.6 Å². The minimum Gasteiger partial charge on any atom is -0.457 e. The Bertz CT molecular complexity index is 1260. The van der Waals surface area contributed by atoms with Gasteiger partial charge in [0.2, 0.25) is 0 Å². The van der Waals surface area contributed by atoms with Gasteiger partial charge in [0, 0.05) is 13.0 Å². The van der Waals surface area contributed by atoms with Crippen LogP contribution in [-0.2, 0) is 38.3 Å². The van der Waals surface area contributed by atoms with E-state index in [1.807, 2.05) is 0 Å². The molecule has 0 bridgehead atoms. The van der Waals surface area contributed by atoms with Gasteiger partial charge in [-0.2, -0.15) is 8.42 Å². The third kappa shape index (κ3) is 35.5. The van der Waals surface area contributed by atoms with Crippen molar-refractivity contribution in [1.29, 1.82) is 0 Å². The molecule has 4 N–H and O–H groups in total. The van der Waals surface area contributed by atoms with Gasteiger partial charge in [-0.15, -0.1) is 0 Å². The molecule has 0 aromatic carbocycles. The maximum Gasteiger partial charge on any atom is 0.397 e. The number of allylic oxidation sites excluding steroid dienone is 6. The molecule has 0 radical (unpaired) electrons. The molecular formula is C51H94O12S. The molecule has 13 heteroatoms. The summed E-state index contributed by atoms with van der Waals surface area (Å²) in [5.74, 6) is -0.403. The molecule has 0 saturated carbocycles. The first-order valence-corrected chi connectivity index (χ1v) is 27.1. The molecule has 376 valence electrons. The van der Waals surface area contributed by atoms with E-state index in [1.165, 1.54) is 141 Å². The molecule has 0 aromatic rings. The van der Waals surface area contributed by atoms with Gasteiger partial charge < -0.3 is 34.3 Å². The summed E-state index contributed by atoms with van der Waals surface area (Å²) in [5.41, 5.74) is 0. The third-order valence-corrected chi connectivity index (χ3v) is 12.2. The third-order valence-electron chi connectivity index (χ3n) is 11.7. The van der Waals surface area contributed by atoms with Crippen LogP contribution in [0.5, 0.6) is 0 Å². The molecular weight excluding hydrogens is 837 g/mol. The van der Waals surface area contributed by atoms with Crippen molar-refractivity contribution in [1.82, 2.24) is 0 Å². The SMILES string of the molecule is CCCCC/C=C\C/C=C\CCCCCCCCCCCC(=O)OC(COCCCCCCCCCC/C=C\CCCCCCCC)COC1OC(CO)C(O)C(OS(=O)(=O)O)C1O. The maximum atomic E-state index is 12.9. The number of carbonyl (C=O) groups excluding carboxylic acids is 1. The average Bonchev–Trinajstić information content (AvgIpc) is 3.27. The lowest BCUT2D eigenvalue weighted by molar-refractivity contribution is -0.301. The van der Waals surface area contributed by atoms with E-state index in [1.54, 1.807) is 0 Å². The summed E-state index contributed by atoms with van der Waals surface area (Å²) in [6.45, 7) is 3.98. The Morgan fingerprint density at radius 1 is 0.594 bits per heavy atom. The first-order valence-electron chi connectivity index (χ1n) is 25.7. The van der Waals surface area contributed by atoms with E-state index in [0.717, 1.165) is 51.4 Å². The van der Waals surface area contributed by atoms with Gasteiger partial charge in [-0.25, -0.2) is 4.18 Å². The van der Waals surface area contributed by atoms with Crippen molar-refractivity contribution in [3.63, 3.8) is 0 Å². The number of esters is 1. The topological polar surface area (TPSA) is 178 Å². The zero-order chi connectivity index (χ0) is 46.8. The summed E-state index contributed by atoms with van der Waals surface area (Å²) in [4.78, 5) is 12.9. The lowest BCUT2D eigenvalue weighted by Gasteiger charge is -2.41. The number of aliphatic hydroxyl groups excluding tert-OH is 3. The van der Waals surface area contributed by atoms with Crippen LogP contribution in [0.15, 0.2) is 36.5 Å². The molecule has 1 aliphatic rings. The smallest absolute Gasteiger partial charge is 0.397 e. The van der Waals surface area contributed by atoms with E-state index in [9.17, 15) is 33.1 Å². The van der Waals surface area contributed by atoms with Gasteiger partial charge in [0.1, 0.15) is 30.5 Å². The Labute approximate surface area is 390 Å². The zero-order valence-electron chi connectivity index (χ0n) is 40.3. The fraction of sp³-hybridized carbons (Fsp3) is 0.863. The number of aliphatic hydroxyl groups is 3. The molecule has 0 spiro atoms. The van der Waals surface area contributed by atoms with E-state index in [4.69, 9.17) is 18.9 Å². The lowest BCUT2D eigenvalue weighted by atomic mass is 9.99. The Balaban J connectivity index is 2.37. The highest BCUT2D eigenvalue weighted by Crippen LogP contribution is 2.26. The molecule has 0 aliphatic carbocycles. The fourth-order valence-corrected chi connectivity index (χ4v) is 8.32. The van der Waals surface area contributed by atoms with Crippen molar-refractivity contribution in [3.05, 3.63) is 36.5 Å². The summed E-state index contributed by atoms with van der Waals surface area (Å²) < 4.78 is 59.2. The number of ether oxygens (including phenoxy) is 4. The zero-order valence-corrected chi connectivity index (χ0v) is 41.2. The highest BCUT2D eigenvalue weighted by molar-refractivity contribution is 7.80. The molecule has 64 heavy (non-hydrogen) atoms. The first-order chi connectivity index (χ1) is 31.1. The Kier molecular flexibility index (Phi) is 40.2. The minimum absolute atomic E-state index is 0.0335. The summed E-state index contributed by atoms with van der Waals surface area (Å²) in [6, 6.07) is 0. The average molecular weight is 931 g/mol. The monoisotopic (exact) mass is 931 g/mol. The van der Waals surface area contributed by atoms with Crippen molar-refractivity contribution in [2.24, 2.45) is 0 Å². The Morgan fingerprint density at radius 3 is 1.53 bits per heavy atom. The van der Waals surface area contributed by atoms with Gasteiger partial charge in [0.25, 0.3) is 0 Å². The van der Waals surface area contributed by atoms with Crippen LogP contribution < -0.4 is 0 Å². The molecule has 1 heterocycles. The normalized spacial score (nSPS) is 20.0. The second-order valence-corrected chi connectivity index (χ2v) is 18.8. The Hall–Kier alpha value is -1.68. The van der Waals surface area contributed by atoms with Crippen molar-refractivity contribution in [2.75, 3.05) is 26.4 Å². The van der Waals surface area contributed by atoms with Crippen LogP contribution in [0.1, 0.15) is 219 Å². The summed E-state index contributed by atoms with van der Waals surface area (Å²) in [7, 11) is -5.06. The van der Waals surface area contributed by atoms with Crippen molar-refractivity contribution in [3.8, 4) is 0 Å². The largest absolute Gasteiger partial charge is 0.457 e. The summed E-state index contributed by atoms with van der Waals surface area (Å²) in [6.07, 6.45) is 41.7. The molecule has 6 atom stereocenters. The molecule has 1 saturated heterocycles. The predicted octanol–water partition coefficient (Wildman–Crippen LogP) is 11.7. The van der Waals surface area contributed by atoms with E-state index in [2.05, 4.69) is 54.5 Å². The highest BCUT2D eigenvalue weighted by atomic mass is 32.3. The number of rotatable bonds is 45. The molecule has 6 unspecified atom stereocenters. The summed E-state index contributed by atoms with van der Waals surface area (Å²) in [5, 5.41) is 30.7. The van der Waals surface area contributed by atoms with Crippen LogP contribution in [0.25, 0.3) is 0 Å². The number of hydrogen-bond acceptors (Lipinski definition) is 11. The number of carbonyl (C=O) groups is 1. The fourth-order valence-electron chi connectivity index (χ4n) is 7.82. The second-order valence-electron chi connectivity index (χ2n) is 17.8. The highest BCUT2D eigenvalue weighted by Gasteiger charge is 2.48. The van der Waals surface area contributed by atoms with Gasteiger partial charge in [-0.1, -0.05) is 179 Å². The van der Waals surface area contributed by atoms with Crippen molar-refractivity contribution in [2.45, 2.75) is 256 Å². The molecule has 0 amide bonds.